The van der Waals surface area contributed by atoms with Gasteiger partial charge in [-0.15, -0.1) is 0 Å². The minimum atomic E-state index is -1.21. The maximum Gasteiger partial charge on any atom is 0.331 e. The van der Waals surface area contributed by atoms with Crippen molar-refractivity contribution in [3.05, 3.63) is 12.2 Å². The Morgan fingerprint density at radius 3 is 1.46 bits per heavy atom. The maximum atomic E-state index is 11.1. The van der Waals surface area contributed by atoms with Crippen LogP contribution in [0.5, 0.6) is 0 Å². The summed E-state index contributed by atoms with van der Waals surface area (Å²) in [4.78, 5) is 21.9. The van der Waals surface area contributed by atoms with Gasteiger partial charge in [-0.3, -0.25) is 4.79 Å². The molecule has 0 radical (unpaired) electrons. The Morgan fingerprint density at radius 2 is 1.12 bits per heavy atom. The molecule has 2 N–H and O–H groups in total. The second kappa shape index (κ2) is 15.2. The van der Waals surface area contributed by atoms with Crippen LogP contribution >= 0.6 is 0 Å². The van der Waals surface area contributed by atoms with Gasteiger partial charge < -0.3 is 10.2 Å². The van der Waals surface area contributed by atoms with Crippen molar-refractivity contribution in [2.24, 2.45) is 5.92 Å². The van der Waals surface area contributed by atoms with Crippen LogP contribution in [0.3, 0.4) is 0 Å². The lowest BCUT2D eigenvalue weighted by molar-refractivity contribution is -0.144. The molecule has 4 heteroatoms. The highest BCUT2D eigenvalue weighted by Crippen LogP contribution is 2.19. The summed E-state index contributed by atoms with van der Waals surface area (Å²) in [6.07, 6.45) is 16.4. The summed E-state index contributed by atoms with van der Waals surface area (Å²) in [7, 11) is 0. The van der Waals surface area contributed by atoms with Crippen LogP contribution in [0, 0.1) is 5.92 Å². The zero-order valence-electron chi connectivity index (χ0n) is 15.4. The minimum absolute atomic E-state index is 0.207. The highest BCUT2D eigenvalue weighted by Gasteiger charge is 2.24. The van der Waals surface area contributed by atoms with Crippen LogP contribution in [0.2, 0.25) is 0 Å². The minimum Gasteiger partial charge on any atom is -0.481 e. The lowest BCUT2D eigenvalue weighted by Gasteiger charge is -2.11. The number of hydrogen-bond donors (Lipinski definition) is 2. The zero-order valence-corrected chi connectivity index (χ0v) is 15.4. The fourth-order valence-electron chi connectivity index (χ4n) is 2.96. The van der Waals surface area contributed by atoms with Crippen LogP contribution in [0.4, 0.5) is 0 Å². The smallest absolute Gasteiger partial charge is 0.331 e. The van der Waals surface area contributed by atoms with Gasteiger partial charge in [-0.05, 0) is 6.42 Å². The predicted octanol–water partition coefficient (Wildman–Crippen LogP) is 5.81. The average Bonchev–Trinajstić information content (AvgIpc) is 2.54. The van der Waals surface area contributed by atoms with E-state index in [1.807, 2.05) is 0 Å². The molecule has 0 aliphatic heterocycles. The number of aliphatic carboxylic acids is 2. The molecule has 0 aliphatic rings. The summed E-state index contributed by atoms with van der Waals surface area (Å²) in [6.45, 7) is 5.62. The lowest BCUT2D eigenvalue weighted by atomic mass is 9.93. The molecule has 4 nitrogen and oxygen atoms in total. The van der Waals surface area contributed by atoms with E-state index in [2.05, 4.69) is 13.5 Å². The number of unbranched alkanes of at least 4 members (excludes halogenated alkanes) is 12. The third-order valence-corrected chi connectivity index (χ3v) is 4.59. The Balaban J connectivity index is 3.48. The molecule has 0 fully saturated rings. The van der Waals surface area contributed by atoms with Gasteiger partial charge in [0.05, 0.1) is 5.92 Å². The van der Waals surface area contributed by atoms with Crippen LogP contribution in [-0.2, 0) is 9.59 Å². The van der Waals surface area contributed by atoms with E-state index in [1.54, 1.807) is 0 Å². The number of carboxylic acid groups (broad SMARTS) is 2. The molecule has 0 spiro atoms. The zero-order chi connectivity index (χ0) is 18.2. The van der Waals surface area contributed by atoms with E-state index in [9.17, 15) is 9.59 Å². The van der Waals surface area contributed by atoms with Crippen molar-refractivity contribution in [3.8, 4) is 0 Å². The predicted molar refractivity (Wildman–Crippen MR) is 98.2 cm³/mol. The highest BCUT2D eigenvalue weighted by molar-refractivity contribution is 5.93. The van der Waals surface area contributed by atoms with E-state index in [-0.39, 0.29) is 5.57 Å². The van der Waals surface area contributed by atoms with Crippen molar-refractivity contribution < 1.29 is 19.8 Å². The summed E-state index contributed by atoms with van der Waals surface area (Å²) in [5.41, 5.74) is -0.207. The summed E-state index contributed by atoms with van der Waals surface area (Å²) in [6, 6.07) is 0. The van der Waals surface area contributed by atoms with Crippen molar-refractivity contribution in [2.75, 3.05) is 0 Å². The van der Waals surface area contributed by atoms with Gasteiger partial charge in [0.1, 0.15) is 0 Å². The summed E-state index contributed by atoms with van der Waals surface area (Å²) >= 11 is 0. The molecule has 0 rings (SSSR count). The number of rotatable bonds is 17. The molecule has 1 unspecified atom stereocenters. The quantitative estimate of drug-likeness (QED) is 0.259. The molecular formula is C20H36O4. The molecule has 140 valence electrons. The lowest BCUT2D eigenvalue weighted by Crippen LogP contribution is -2.20. The van der Waals surface area contributed by atoms with Crippen molar-refractivity contribution in [1.82, 2.24) is 0 Å². The van der Waals surface area contributed by atoms with E-state index in [0.717, 1.165) is 19.3 Å². The van der Waals surface area contributed by atoms with E-state index < -0.39 is 17.9 Å². The third kappa shape index (κ3) is 12.1. The first kappa shape index (κ1) is 22.7. The normalized spacial score (nSPS) is 12.0. The Morgan fingerprint density at radius 1 is 0.750 bits per heavy atom. The van der Waals surface area contributed by atoms with Crippen LogP contribution in [0.25, 0.3) is 0 Å². The van der Waals surface area contributed by atoms with Gasteiger partial charge in [0.15, 0.2) is 0 Å². The monoisotopic (exact) mass is 340 g/mol. The molecule has 0 heterocycles. The van der Waals surface area contributed by atoms with Gasteiger partial charge >= 0.3 is 11.9 Å². The Labute approximate surface area is 147 Å². The van der Waals surface area contributed by atoms with Crippen molar-refractivity contribution in [2.45, 2.75) is 96.8 Å². The van der Waals surface area contributed by atoms with Gasteiger partial charge in [-0.1, -0.05) is 97.0 Å². The van der Waals surface area contributed by atoms with E-state index in [1.165, 1.54) is 64.2 Å². The molecule has 0 amide bonds. The van der Waals surface area contributed by atoms with Crippen molar-refractivity contribution in [3.63, 3.8) is 0 Å². The molecule has 0 aromatic heterocycles. The van der Waals surface area contributed by atoms with Crippen LogP contribution in [0.1, 0.15) is 96.8 Å². The Bertz CT molecular complexity index is 363. The van der Waals surface area contributed by atoms with Crippen molar-refractivity contribution >= 4 is 11.9 Å². The van der Waals surface area contributed by atoms with Gasteiger partial charge in [-0.2, -0.15) is 0 Å². The first-order valence-electron chi connectivity index (χ1n) is 9.65. The molecular weight excluding hydrogens is 304 g/mol. The molecule has 0 bridgehead atoms. The molecule has 0 aromatic rings. The standard InChI is InChI=1S/C20H36O4/c1-3-4-5-6-7-8-9-10-11-12-13-14-15-16-18(20(23)24)17(2)19(21)22/h18H,2-16H2,1H3,(H,21,22)(H,23,24). The second-order valence-corrected chi connectivity index (χ2v) is 6.75. The van der Waals surface area contributed by atoms with Gasteiger partial charge in [0.2, 0.25) is 0 Å². The highest BCUT2D eigenvalue weighted by atomic mass is 16.4. The van der Waals surface area contributed by atoms with Gasteiger partial charge in [-0.25, -0.2) is 4.79 Å². The maximum absolute atomic E-state index is 11.1. The summed E-state index contributed by atoms with van der Waals surface area (Å²) < 4.78 is 0. The first-order chi connectivity index (χ1) is 11.5. The SMILES string of the molecule is C=C(C(=O)O)C(CCCCCCCCCCCCCCC)C(=O)O. The molecule has 0 saturated carbocycles. The van der Waals surface area contributed by atoms with E-state index in [4.69, 9.17) is 10.2 Å². The Hall–Kier alpha value is -1.32. The molecule has 0 aromatic carbocycles. The number of carbonyl (C=O) groups is 2. The third-order valence-electron chi connectivity index (χ3n) is 4.59. The van der Waals surface area contributed by atoms with Gasteiger partial charge in [0, 0.05) is 5.57 Å². The average molecular weight is 341 g/mol. The van der Waals surface area contributed by atoms with E-state index in [0.29, 0.717) is 6.42 Å². The molecule has 24 heavy (non-hydrogen) atoms. The number of hydrogen-bond acceptors (Lipinski definition) is 2. The van der Waals surface area contributed by atoms with Crippen LogP contribution in [0.15, 0.2) is 12.2 Å². The Kier molecular flexibility index (Phi) is 14.4. The first-order valence-corrected chi connectivity index (χ1v) is 9.65. The fourth-order valence-corrected chi connectivity index (χ4v) is 2.96. The molecule has 0 aliphatic carbocycles. The topological polar surface area (TPSA) is 74.6 Å². The van der Waals surface area contributed by atoms with E-state index >= 15 is 0 Å². The largest absolute Gasteiger partial charge is 0.481 e. The molecule has 1 atom stereocenters. The van der Waals surface area contributed by atoms with Gasteiger partial charge in [0.25, 0.3) is 0 Å². The second-order valence-electron chi connectivity index (χ2n) is 6.75. The molecule has 0 saturated heterocycles. The van der Waals surface area contributed by atoms with Crippen molar-refractivity contribution in [1.29, 1.82) is 0 Å². The number of carboxylic acids is 2. The van der Waals surface area contributed by atoms with Crippen LogP contribution < -0.4 is 0 Å². The fraction of sp³-hybridized carbons (Fsp3) is 0.800. The summed E-state index contributed by atoms with van der Waals surface area (Å²) in [5, 5.41) is 17.9. The summed E-state index contributed by atoms with van der Waals surface area (Å²) in [5.74, 6) is -3.24. The van der Waals surface area contributed by atoms with Crippen LogP contribution in [-0.4, -0.2) is 22.2 Å².